The summed E-state index contributed by atoms with van der Waals surface area (Å²) in [6.45, 7) is 2.53. The third-order valence-corrected chi connectivity index (χ3v) is 4.04. The highest BCUT2D eigenvalue weighted by atomic mass is 32.1. The van der Waals surface area contributed by atoms with Crippen molar-refractivity contribution in [3.8, 4) is 23.0 Å². The van der Waals surface area contributed by atoms with Crippen molar-refractivity contribution in [1.29, 1.82) is 0 Å². The molecule has 0 saturated heterocycles. The first-order valence-electron chi connectivity index (χ1n) is 7.91. The fraction of sp³-hybridized carbons (Fsp3) is 0.222. The van der Waals surface area contributed by atoms with Crippen molar-refractivity contribution in [1.82, 2.24) is 10.7 Å². The summed E-state index contributed by atoms with van der Waals surface area (Å²) in [6, 6.07) is 10.6. The van der Waals surface area contributed by atoms with E-state index in [1.807, 2.05) is 18.2 Å². The zero-order chi connectivity index (χ0) is 18.5. The third-order valence-electron chi connectivity index (χ3n) is 3.81. The van der Waals surface area contributed by atoms with Gasteiger partial charge in [-0.2, -0.15) is 5.10 Å². The molecule has 3 rings (SSSR count). The molecule has 0 aromatic heterocycles. The quantitative estimate of drug-likeness (QED) is 0.422. The van der Waals surface area contributed by atoms with Gasteiger partial charge in [0.15, 0.2) is 16.6 Å². The SMILES string of the molecule is COc1ccc(O)c(/C(C)=N/NC(=S)NCc2ccc3c(c2)OCO3)c1. The monoisotopic (exact) mass is 373 g/mol. The standard InChI is InChI=1S/C18H19N3O4S/c1-11(14-8-13(23-2)4-5-15(14)22)20-21-18(26)19-9-12-3-6-16-17(7-12)25-10-24-16/h3-8,22H,9-10H2,1-2H3,(H2,19,21,26)/b20-11+. The zero-order valence-corrected chi connectivity index (χ0v) is 15.2. The molecule has 0 aliphatic carbocycles. The van der Waals surface area contributed by atoms with Crippen LogP contribution >= 0.6 is 12.2 Å². The molecular formula is C18H19N3O4S. The first-order chi connectivity index (χ1) is 12.6. The van der Waals surface area contributed by atoms with E-state index in [2.05, 4.69) is 15.8 Å². The second-order valence-electron chi connectivity index (χ2n) is 5.56. The number of hydrogen-bond acceptors (Lipinski definition) is 6. The van der Waals surface area contributed by atoms with Crippen LogP contribution in [0.3, 0.4) is 0 Å². The lowest BCUT2D eigenvalue weighted by Crippen LogP contribution is -2.32. The number of benzene rings is 2. The first kappa shape index (κ1) is 17.8. The molecule has 136 valence electrons. The van der Waals surface area contributed by atoms with E-state index >= 15 is 0 Å². The van der Waals surface area contributed by atoms with E-state index in [0.717, 1.165) is 17.1 Å². The number of phenols is 1. The summed E-state index contributed by atoms with van der Waals surface area (Å²) in [4.78, 5) is 0. The number of aromatic hydroxyl groups is 1. The average Bonchev–Trinajstić information content (AvgIpc) is 3.12. The van der Waals surface area contributed by atoms with Gasteiger partial charge in [-0.25, -0.2) is 0 Å². The maximum Gasteiger partial charge on any atom is 0.231 e. The Morgan fingerprint density at radius 3 is 2.85 bits per heavy atom. The fourth-order valence-corrected chi connectivity index (χ4v) is 2.52. The largest absolute Gasteiger partial charge is 0.507 e. The molecule has 0 radical (unpaired) electrons. The van der Waals surface area contributed by atoms with Gasteiger partial charge in [0.05, 0.1) is 12.8 Å². The summed E-state index contributed by atoms with van der Waals surface area (Å²) >= 11 is 5.23. The molecule has 2 aromatic carbocycles. The Morgan fingerprint density at radius 2 is 2.04 bits per heavy atom. The number of hydrazone groups is 1. The number of fused-ring (bicyclic) bond motifs is 1. The zero-order valence-electron chi connectivity index (χ0n) is 14.4. The van der Waals surface area contributed by atoms with Crippen LogP contribution in [0.25, 0.3) is 0 Å². The van der Waals surface area contributed by atoms with E-state index in [9.17, 15) is 5.11 Å². The molecule has 0 bridgehead atoms. The van der Waals surface area contributed by atoms with Crippen molar-refractivity contribution in [2.24, 2.45) is 5.10 Å². The van der Waals surface area contributed by atoms with Gasteiger partial charge in [0.1, 0.15) is 11.5 Å². The molecule has 0 amide bonds. The molecule has 0 atom stereocenters. The van der Waals surface area contributed by atoms with Gasteiger partial charge in [-0.3, -0.25) is 5.43 Å². The van der Waals surface area contributed by atoms with Crippen molar-refractivity contribution in [3.05, 3.63) is 47.5 Å². The van der Waals surface area contributed by atoms with Crippen molar-refractivity contribution in [2.75, 3.05) is 13.9 Å². The number of methoxy groups -OCH3 is 1. The minimum atomic E-state index is 0.119. The Labute approximate surface area is 156 Å². The molecule has 1 heterocycles. The highest BCUT2D eigenvalue weighted by molar-refractivity contribution is 7.80. The molecule has 1 aliphatic heterocycles. The predicted molar refractivity (Wildman–Crippen MR) is 102 cm³/mol. The van der Waals surface area contributed by atoms with Crippen molar-refractivity contribution < 1.29 is 19.3 Å². The molecule has 0 fully saturated rings. The van der Waals surface area contributed by atoms with Gasteiger partial charge in [0.25, 0.3) is 0 Å². The molecule has 0 unspecified atom stereocenters. The molecule has 0 saturated carbocycles. The van der Waals surface area contributed by atoms with Crippen LogP contribution in [0.4, 0.5) is 0 Å². The molecule has 7 nitrogen and oxygen atoms in total. The van der Waals surface area contributed by atoms with Crippen LogP contribution in [-0.4, -0.2) is 29.8 Å². The minimum Gasteiger partial charge on any atom is -0.507 e. The molecule has 2 aromatic rings. The Balaban J connectivity index is 1.57. The predicted octanol–water partition coefficient (Wildman–Crippen LogP) is 2.52. The lowest BCUT2D eigenvalue weighted by atomic mass is 10.1. The summed E-state index contributed by atoms with van der Waals surface area (Å²) < 4.78 is 15.8. The highest BCUT2D eigenvalue weighted by Crippen LogP contribution is 2.32. The van der Waals surface area contributed by atoms with Crippen LogP contribution in [0.5, 0.6) is 23.0 Å². The van der Waals surface area contributed by atoms with E-state index in [0.29, 0.717) is 28.7 Å². The van der Waals surface area contributed by atoms with Crippen molar-refractivity contribution >= 4 is 23.0 Å². The van der Waals surface area contributed by atoms with Crippen LogP contribution in [0.1, 0.15) is 18.1 Å². The van der Waals surface area contributed by atoms with Crippen LogP contribution in [0, 0.1) is 0 Å². The second-order valence-corrected chi connectivity index (χ2v) is 5.97. The number of thiocarbonyl (C=S) groups is 1. The third kappa shape index (κ3) is 4.15. The molecule has 1 aliphatic rings. The smallest absolute Gasteiger partial charge is 0.231 e. The Kier molecular flexibility index (Phi) is 5.43. The topological polar surface area (TPSA) is 84.3 Å². The van der Waals surface area contributed by atoms with Crippen LogP contribution < -0.4 is 25.0 Å². The maximum atomic E-state index is 9.96. The van der Waals surface area contributed by atoms with Gasteiger partial charge < -0.3 is 24.6 Å². The molecule has 8 heteroatoms. The average molecular weight is 373 g/mol. The van der Waals surface area contributed by atoms with E-state index in [1.54, 1.807) is 32.2 Å². The van der Waals surface area contributed by atoms with Gasteiger partial charge in [0, 0.05) is 12.1 Å². The number of nitrogens with one attached hydrogen (secondary N) is 2. The van der Waals surface area contributed by atoms with Crippen LogP contribution in [0.15, 0.2) is 41.5 Å². The summed E-state index contributed by atoms with van der Waals surface area (Å²) in [6.07, 6.45) is 0. The molecule has 3 N–H and O–H groups in total. The van der Waals surface area contributed by atoms with E-state index < -0.39 is 0 Å². The van der Waals surface area contributed by atoms with E-state index in [4.69, 9.17) is 26.4 Å². The van der Waals surface area contributed by atoms with Gasteiger partial charge in [-0.05, 0) is 55.0 Å². The Morgan fingerprint density at radius 1 is 1.23 bits per heavy atom. The number of ether oxygens (including phenoxy) is 3. The minimum absolute atomic E-state index is 0.119. The second kappa shape index (κ2) is 7.92. The summed E-state index contributed by atoms with van der Waals surface area (Å²) in [5.74, 6) is 2.22. The summed E-state index contributed by atoms with van der Waals surface area (Å²) in [5.41, 5.74) is 4.92. The van der Waals surface area contributed by atoms with E-state index in [-0.39, 0.29) is 12.5 Å². The number of rotatable bonds is 5. The first-order valence-corrected chi connectivity index (χ1v) is 8.31. The van der Waals surface area contributed by atoms with Gasteiger partial charge in [-0.15, -0.1) is 0 Å². The van der Waals surface area contributed by atoms with E-state index in [1.165, 1.54) is 0 Å². The number of nitrogens with zero attached hydrogens (tertiary/aromatic N) is 1. The van der Waals surface area contributed by atoms with Crippen molar-refractivity contribution in [3.63, 3.8) is 0 Å². The highest BCUT2D eigenvalue weighted by Gasteiger charge is 2.13. The summed E-state index contributed by atoms with van der Waals surface area (Å²) in [7, 11) is 1.57. The Bertz CT molecular complexity index is 854. The maximum absolute atomic E-state index is 9.96. The number of hydrogen-bond donors (Lipinski definition) is 3. The van der Waals surface area contributed by atoms with Crippen LogP contribution in [-0.2, 0) is 6.54 Å². The molecule has 0 spiro atoms. The van der Waals surface area contributed by atoms with Gasteiger partial charge in [-0.1, -0.05) is 6.07 Å². The van der Waals surface area contributed by atoms with Crippen molar-refractivity contribution in [2.45, 2.75) is 13.5 Å². The van der Waals surface area contributed by atoms with Gasteiger partial charge in [0.2, 0.25) is 6.79 Å². The molecular weight excluding hydrogens is 354 g/mol. The van der Waals surface area contributed by atoms with Crippen LogP contribution in [0.2, 0.25) is 0 Å². The van der Waals surface area contributed by atoms with Gasteiger partial charge >= 0.3 is 0 Å². The fourth-order valence-electron chi connectivity index (χ4n) is 2.40. The number of phenolic OH excluding ortho intramolecular Hbond substituents is 1. The molecule has 26 heavy (non-hydrogen) atoms. The summed E-state index contributed by atoms with van der Waals surface area (Å²) in [5, 5.41) is 17.6. The lowest BCUT2D eigenvalue weighted by molar-refractivity contribution is 0.174. The Hall–Kier alpha value is -3.00. The normalized spacial score (nSPS) is 12.6. The lowest BCUT2D eigenvalue weighted by Gasteiger charge is -2.10.